The first-order valence-electron chi connectivity index (χ1n) is 11.4. The molecule has 0 amide bonds. The van der Waals surface area contributed by atoms with Crippen LogP contribution in [0.5, 0.6) is 11.5 Å². The third-order valence-corrected chi connectivity index (χ3v) is 7.90. The Morgan fingerprint density at radius 2 is 1.83 bits per heavy atom. The Hall–Kier alpha value is -2.59. The van der Waals surface area contributed by atoms with Crippen LogP contribution in [-0.4, -0.2) is 19.2 Å². The first kappa shape index (κ1) is 27.0. The van der Waals surface area contributed by atoms with E-state index in [2.05, 4.69) is 5.92 Å². The Balaban J connectivity index is 0.00000342. The van der Waals surface area contributed by atoms with Crippen LogP contribution < -0.4 is 15.2 Å². The van der Waals surface area contributed by atoms with Gasteiger partial charge in [0.2, 0.25) is 0 Å². The molecule has 35 heavy (non-hydrogen) atoms. The van der Waals surface area contributed by atoms with E-state index in [1.807, 2.05) is 32.0 Å². The molecule has 0 bridgehead atoms. The lowest BCUT2D eigenvalue weighted by Gasteiger charge is -2.32. The molecule has 2 atom stereocenters. The number of benzene rings is 2. The van der Waals surface area contributed by atoms with Crippen LogP contribution in [0.3, 0.4) is 0 Å². The maximum atomic E-state index is 14.5. The van der Waals surface area contributed by atoms with Crippen molar-refractivity contribution in [1.29, 1.82) is 0 Å². The summed E-state index contributed by atoms with van der Waals surface area (Å²) in [5.74, 6) is 4.35. The van der Waals surface area contributed by atoms with E-state index >= 15 is 0 Å². The second-order valence-electron chi connectivity index (χ2n) is 9.20. The van der Waals surface area contributed by atoms with Crippen molar-refractivity contribution in [2.24, 2.45) is 11.7 Å². The normalized spacial score (nSPS) is 15.5. The van der Waals surface area contributed by atoms with Gasteiger partial charge in [0.25, 0.3) is 0 Å². The van der Waals surface area contributed by atoms with E-state index in [1.54, 1.807) is 33.3 Å². The lowest BCUT2D eigenvalue weighted by molar-refractivity contribution is 0.393. The molecule has 1 saturated carbocycles. The van der Waals surface area contributed by atoms with Gasteiger partial charge in [-0.3, -0.25) is 0 Å². The summed E-state index contributed by atoms with van der Waals surface area (Å²) >= 11 is 1.49. The minimum Gasteiger partial charge on any atom is -0.496 e. The highest BCUT2D eigenvalue weighted by Crippen LogP contribution is 2.48. The summed E-state index contributed by atoms with van der Waals surface area (Å²) in [6.07, 6.45) is 9.22. The van der Waals surface area contributed by atoms with E-state index in [0.717, 1.165) is 52.3 Å². The minimum absolute atomic E-state index is 0. The summed E-state index contributed by atoms with van der Waals surface area (Å²) in [6, 6.07) is 9.20. The fourth-order valence-electron chi connectivity index (χ4n) is 4.48. The standard InChI is InChI=1S/C28H31FN2O2S.ClH/c1-7-28(30,22(13-19-9-10-19)20-11-8-16(2)23(29)14-20)27-31-26(18(4)34-27)21-12-17(3)24(32-5)15-25(21)33-6;/h1,8,11-12,14-15,19,22H,9-10,13,30H2,2-6H3;1H/t22-,28?;/m0./s1. The zero-order valence-electron chi connectivity index (χ0n) is 20.8. The van der Waals surface area contributed by atoms with E-state index in [0.29, 0.717) is 22.2 Å². The van der Waals surface area contributed by atoms with Crippen LogP contribution in [0.15, 0.2) is 30.3 Å². The Morgan fingerprint density at radius 3 is 2.40 bits per heavy atom. The van der Waals surface area contributed by atoms with Gasteiger partial charge in [-0.25, -0.2) is 9.37 Å². The number of thiazole rings is 1. The molecule has 0 radical (unpaired) electrons. The molecule has 1 aliphatic rings. The number of ether oxygens (including phenoxy) is 2. The smallest absolute Gasteiger partial charge is 0.136 e. The molecule has 4 nitrogen and oxygen atoms in total. The summed E-state index contributed by atoms with van der Waals surface area (Å²) in [5.41, 5.74) is 9.89. The lowest BCUT2D eigenvalue weighted by Crippen LogP contribution is -2.42. The summed E-state index contributed by atoms with van der Waals surface area (Å²) in [7, 11) is 3.26. The van der Waals surface area contributed by atoms with Crippen LogP contribution in [0.2, 0.25) is 0 Å². The number of terminal acetylenes is 1. The summed E-state index contributed by atoms with van der Waals surface area (Å²) in [6.45, 7) is 5.75. The summed E-state index contributed by atoms with van der Waals surface area (Å²) in [5, 5.41) is 0.657. The fourth-order valence-corrected chi connectivity index (χ4v) is 5.52. The van der Waals surface area contributed by atoms with Gasteiger partial charge in [-0.2, -0.15) is 0 Å². The van der Waals surface area contributed by atoms with Crippen LogP contribution >= 0.6 is 23.7 Å². The number of nitrogens with zero attached hydrogens (tertiary/aromatic N) is 1. The van der Waals surface area contributed by atoms with Crippen LogP contribution in [0.25, 0.3) is 11.3 Å². The minimum atomic E-state index is -1.16. The van der Waals surface area contributed by atoms with Gasteiger partial charge >= 0.3 is 0 Å². The number of nitrogens with two attached hydrogens (primary N) is 1. The predicted molar refractivity (Wildman–Crippen MR) is 143 cm³/mol. The van der Waals surface area contributed by atoms with Crippen LogP contribution in [0, 0.1) is 44.9 Å². The average Bonchev–Trinajstić information content (AvgIpc) is 3.57. The first-order valence-corrected chi connectivity index (χ1v) is 12.3. The zero-order valence-corrected chi connectivity index (χ0v) is 22.4. The summed E-state index contributed by atoms with van der Waals surface area (Å²) < 4.78 is 25.6. The molecular formula is C28H32ClFN2O2S. The molecule has 1 fully saturated rings. The second-order valence-corrected chi connectivity index (χ2v) is 10.4. The predicted octanol–water partition coefficient (Wildman–Crippen LogP) is 6.68. The SMILES string of the molecule is C#CC(N)(c1nc(-c2cc(C)c(OC)cc2OC)c(C)s1)[C@@H](CC1CC1)c1ccc(C)c(F)c1.Cl. The number of rotatable bonds is 8. The molecule has 7 heteroatoms. The molecule has 1 aliphatic carbocycles. The molecule has 4 rings (SSSR count). The largest absolute Gasteiger partial charge is 0.496 e. The van der Waals surface area contributed by atoms with Gasteiger partial charge in [0.15, 0.2) is 0 Å². The van der Waals surface area contributed by atoms with E-state index in [9.17, 15) is 4.39 Å². The van der Waals surface area contributed by atoms with Crippen molar-refractivity contribution in [1.82, 2.24) is 4.98 Å². The molecule has 186 valence electrons. The van der Waals surface area contributed by atoms with Gasteiger partial charge in [-0.1, -0.05) is 30.9 Å². The zero-order chi connectivity index (χ0) is 24.6. The van der Waals surface area contributed by atoms with E-state index in [4.69, 9.17) is 26.6 Å². The van der Waals surface area contributed by atoms with Gasteiger partial charge < -0.3 is 15.2 Å². The maximum absolute atomic E-state index is 14.5. The molecule has 0 saturated heterocycles. The van der Waals surface area contributed by atoms with Crippen molar-refractivity contribution >= 4 is 23.7 Å². The molecule has 1 aromatic heterocycles. The van der Waals surface area contributed by atoms with Crippen molar-refractivity contribution in [2.75, 3.05) is 14.2 Å². The molecule has 0 aliphatic heterocycles. The van der Waals surface area contributed by atoms with Crippen molar-refractivity contribution in [2.45, 2.75) is 51.5 Å². The van der Waals surface area contributed by atoms with Crippen molar-refractivity contribution in [3.05, 3.63) is 62.7 Å². The van der Waals surface area contributed by atoms with E-state index < -0.39 is 5.54 Å². The lowest BCUT2D eigenvalue weighted by atomic mass is 9.77. The van der Waals surface area contributed by atoms with E-state index in [-0.39, 0.29) is 24.1 Å². The molecule has 1 unspecified atom stereocenters. The second kappa shape index (κ2) is 10.6. The summed E-state index contributed by atoms with van der Waals surface area (Å²) in [4.78, 5) is 5.97. The van der Waals surface area contributed by atoms with Crippen LogP contribution in [0.4, 0.5) is 4.39 Å². The Kier molecular flexibility index (Phi) is 8.16. The van der Waals surface area contributed by atoms with Crippen LogP contribution in [-0.2, 0) is 5.54 Å². The van der Waals surface area contributed by atoms with Crippen molar-refractivity contribution in [3.8, 4) is 35.1 Å². The molecule has 2 aromatic carbocycles. The average molecular weight is 515 g/mol. The van der Waals surface area contributed by atoms with Gasteiger partial charge in [0, 0.05) is 22.4 Å². The first-order chi connectivity index (χ1) is 16.2. The van der Waals surface area contributed by atoms with Gasteiger partial charge in [-0.05, 0) is 61.9 Å². The topological polar surface area (TPSA) is 57.4 Å². The number of halogens is 2. The van der Waals surface area contributed by atoms with Gasteiger partial charge in [0.05, 0.1) is 19.9 Å². The number of aryl methyl sites for hydroxylation is 3. The molecule has 0 spiro atoms. The third-order valence-electron chi connectivity index (χ3n) is 6.78. The maximum Gasteiger partial charge on any atom is 0.136 e. The van der Waals surface area contributed by atoms with Crippen molar-refractivity contribution < 1.29 is 13.9 Å². The Labute approximate surface area is 217 Å². The Morgan fingerprint density at radius 1 is 1.14 bits per heavy atom. The number of hydrogen-bond donors (Lipinski definition) is 1. The Bertz CT molecular complexity index is 1260. The van der Waals surface area contributed by atoms with E-state index in [1.165, 1.54) is 11.3 Å². The molecule has 2 N–H and O–H groups in total. The third kappa shape index (κ3) is 5.18. The van der Waals surface area contributed by atoms with Crippen molar-refractivity contribution in [3.63, 3.8) is 0 Å². The fraction of sp³-hybridized carbons (Fsp3) is 0.393. The molecular weight excluding hydrogens is 483 g/mol. The van der Waals surface area contributed by atoms with Crippen LogP contribution in [0.1, 0.15) is 51.8 Å². The highest BCUT2D eigenvalue weighted by molar-refractivity contribution is 7.12. The monoisotopic (exact) mass is 514 g/mol. The van der Waals surface area contributed by atoms with Gasteiger partial charge in [-0.15, -0.1) is 30.2 Å². The van der Waals surface area contributed by atoms with Gasteiger partial charge in [0.1, 0.15) is 27.9 Å². The molecule has 3 aromatic rings. The highest BCUT2D eigenvalue weighted by atomic mass is 35.5. The number of methoxy groups -OCH3 is 2. The number of aromatic nitrogens is 1. The number of hydrogen-bond acceptors (Lipinski definition) is 5. The highest BCUT2D eigenvalue weighted by Gasteiger charge is 2.42. The quantitative estimate of drug-likeness (QED) is 0.340. The molecule has 1 heterocycles.